The first-order valence-electron chi connectivity index (χ1n) is 11.0. The molecule has 34 heavy (non-hydrogen) atoms. The lowest BCUT2D eigenvalue weighted by molar-refractivity contribution is -0.0209. The van der Waals surface area contributed by atoms with E-state index in [2.05, 4.69) is 25.8 Å². The number of anilines is 1. The van der Waals surface area contributed by atoms with Crippen molar-refractivity contribution in [1.29, 1.82) is 0 Å². The molecule has 5 heterocycles. The highest BCUT2D eigenvalue weighted by atomic mass is 35.5. The van der Waals surface area contributed by atoms with Crippen molar-refractivity contribution < 1.29 is 19.1 Å². The number of fused-ring (bicyclic) bond motifs is 1. The van der Waals surface area contributed by atoms with Crippen molar-refractivity contribution in [3.05, 3.63) is 47.1 Å². The summed E-state index contributed by atoms with van der Waals surface area (Å²) in [6.45, 7) is 3.43. The zero-order chi connectivity index (χ0) is 23.7. The van der Waals surface area contributed by atoms with Gasteiger partial charge in [0.05, 0.1) is 10.6 Å². The third-order valence-electron chi connectivity index (χ3n) is 6.52. The SMILES string of the molecule is C#CC1(N2CCN(C(=O)O[C@H]3c4nccnc4C(=O)N3c3ccc(Cl)cn3)CC2)CCOCC1. The van der Waals surface area contributed by atoms with E-state index in [9.17, 15) is 9.59 Å². The maximum absolute atomic E-state index is 13.1. The smallest absolute Gasteiger partial charge is 0.412 e. The van der Waals surface area contributed by atoms with Crippen molar-refractivity contribution in [2.75, 3.05) is 44.3 Å². The Balaban J connectivity index is 1.31. The monoisotopic (exact) mass is 482 g/mol. The Hall–Kier alpha value is -3.26. The lowest BCUT2D eigenvalue weighted by Gasteiger charge is -2.46. The van der Waals surface area contributed by atoms with Crippen molar-refractivity contribution in [3.63, 3.8) is 0 Å². The number of pyridine rings is 1. The molecule has 0 N–H and O–H groups in total. The van der Waals surface area contributed by atoms with Gasteiger partial charge in [0.1, 0.15) is 11.5 Å². The average molecular weight is 483 g/mol. The number of nitrogens with zero attached hydrogens (tertiary/aromatic N) is 6. The largest absolute Gasteiger partial charge is 0.419 e. The zero-order valence-corrected chi connectivity index (χ0v) is 19.1. The van der Waals surface area contributed by atoms with Gasteiger partial charge in [-0.1, -0.05) is 17.5 Å². The summed E-state index contributed by atoms with van der Waals surface area (Å²) in [7, 11) is 0. The second kappa shape index (κ2) is 9.18. The quantitative estimate of drug-likeness (QED) is 0.613. The zero-order valence-electron chi connectivity index (χ0n) is 18.4. The first-order valence-corrected chi connectivity index (χ1v) is 11.4. The summed E-state index contributed by atoms with van der Waals surface area (Å²) in [5.41, 5.74) is 0.0552. The van der Waals surface area contributed by atoms with Crippen LogP contribution in [0.1, 0.15) is 35.3 Å². The van der Waals surface area contributed by atoms with Crippen molar-refractivity contribution >= 4 is 29.4 Å². The van der Waals surface area contributed by atoms with Gasteiger partial charge in [0.2, 0.25) is 6.23 Å². The van der Waals surface area contributed by atoms with Crippen LogP contribution in [0.25, 0.3) is 0 Å². The Labute approximate surface area is 201 Å². The molecule has 3 aliphatic heterocycles. The minimum atomic E-state index is -1.08. The minimum Gasteiger partial charge on any atom is -0.419 e. The predicted octanol–water partition coefficient (Wildman–Crippen LogP) is 2.12. The highest BCUT2D eigenvalue weighted by Gasteiger charge is 2.45. The standard InChI is InChI=1S/C23H23ClN6O4/c1-2-23(5-13-33-14-6-23)29-11-9-28(10-12-29)22(32)34-21-19-18(25-7-8-26-19)20(31)30(21)17-4-3-16(24)15-27-17/h1,3-4,7-8,15,21H,5-6,9-14H2/t21-/m0/s1. The van der Waals surface area contributed by atoms with Crippen LogP contribution in [-0.4, -0.2) is 81.7 Å². The normalized spacial score (nSPS) is 22.2. The number of hydrogen-bond donors (Lipinski definition) is 0. The third-order valence-corrected chi connectivity index (χ3v) is 6.74. The highest BCUT2D eigenvalue weighted by molar-refractivity contribution is 6.30. The van der Waals surface area contributed by atoms with Crippen LogP contribution in [0.3, 0.4) is 0 Å². The van der Waals surface area contributed by atoms with E-state index >= 15 is 0 Å². The first kappa shape index (κ1) is 22.5. The van der Waals surface area contributed by atoms with Gasteiger partial charge in [-0.15, -0.1) is 6.42 Å². The van der Waals surface area contributed by atoms with Crippen LogP contribution in [0.5, 0.6) is 0 Å². The molecule has 1 atom stereocenters. The van der Waals surface area contributed by atoms with Crippen molar-refractivity contribution in [3.8, 4) is 12.3 Å². The van der Waals surface area contributed by atoms with Gasteiger partial charge in [0.25, 0.3) is 5.91 Å². The van der Waals surface area contributed by atoms with Crippen LogP contribution < -0.4 is 4.90 Å². The van der Waals surface area contributed by atoms with Gasteiger partial charge in [0.15, 0.2) is 5.69 Å². The maximum atomic E-state index is 13.1. The van der Waals surface area contributed by atoms with E-state index in [4.69, 9.17) is 27.5 Å². The minimum absolute atomic E-state index is 0.123. The van der Waals surface area contributed by atoms with E-state index in [-0.39, 0.29) is 22.7 Å². The van der Waals surface area contributed by atoms with E-state index < -0.39 is 18.2 Å². The number of hydrogen-bond acceptors (Lipinski definition) is 8. The van der Waals surface area contributed by atoms with Crippen LogP contribution in [0.15, 0.2) is 30.7 Å². The summed E-state index contributed by atoms with van der Waals surface area (Å²) in [5.74, 6) is 2.81. The van der Waals surface area contributed by atoms with E-state index in [0.717, 1.165) is 12.8 Å². The van der Waals surface area contributed by atoms with Gasteiger partial charge >= 0.3 is 6.09 Å². The summed E-state index contributed by atoms with van der Waals surface area (Å²) in [4.78, 5) is 43.9. The molecule has 2 aromatic rings. The molecule has 0 unspecified atom stereocenters. The van der Waals surface area contributed by atoms with E-state index in [1.807, 2.05) is 0 Å². The number of aromatic nitrogens is 3. The van der Waals surface area contributed by atoms with Gasteiger partial charge < -0.3 is 14.4 Å². The van der Waals surface area contributed by atoms with Gasteiger partial charge in [-0.05, 0) is 12.1 Å². The molecule has 0 bridgehead atoms. The molecule has 5 rings (SSSR count). The number of amides is 2. The number of rotatable bonds is 3. The number of piperazine rings is 1. The van der Waals surface area contributed by atoms with E-state index in [1.165, 1.54) is 23.5 Å². The number of carbonyl (C=O) groups excluding carboxylic acids is 2. The molecule has 0 aliphatic carbocycles. The predicted molar refractivity (Wildman–Crippen MR) is 122 cm³/mol. The van der Waals surface area contributed by atoms with Crippen molar-refractivity contribution in [2.45, 2.75) is 24.6 Å². The van der Waals surface area contributed by atoms with Crippen LogP contribution in [-0.2, 0) is 9.47 Å². The van der Waals surface area contributed by atoms with Gasteiger partial charge in [0, 0.05) is 70.8 Å². The summed E-state index contributed by atoms with van der Waals surface area (Å²) < 4.78 is 11.3. The molecule has 2 aromatic heterocycles. The summed E-state index contributed by atoms with van der Waals surface area (Å²) in [6.07, 6.45) is 10.1. The molecule has 0 radical (unpaired) electrons. The Bertz CT molecular complexity index is 1120. The Morgan fingerprint density at radius 1 is 1.15 bits per heavy atom. The third kappa shape index (κ3) is 3.96. The fourth-order valence-electron chi connectivity index (χ4n) is 4.63. The molecule has 2 saturated heterocycles. The highest BCUT2D eigenvalue weighted by Crippen LogP contribution is 2.36. The second-order valence-corrected chi connectivity index (χ2v) is 8.73. The molecule has 0 spiro atoms. The topological polar surface area (TPSA) is 101 Å². The molecule has 0 saturated carbocycles. The average Bonchev–Trinajstić information content (AvgIpc) is 3.16. The summed E-state index contributed by atoms with van der Waals surface area (Å²) >= 11 is 5.95. The molecule has 2 fully saturated rings. The molecule has 11 heteroatoms. The van der Waals surface area contributed by atoms with Crippen molar-refractivity contribution in [2.24, 2.45) is 0 Å². The van der Waals surface area contributed by atoms with E-state index in [0.29, 0.717) is 44.4 Å². The number of halogens is 1. The number of ether oxygens (including phenoxy) is 2. The molecule has 10 nitrogen and oxygen atoms in total. The summed E-state index contributed by atoms with van der Waals surface area (Å²) in [6, 6.07) is 3.19. The fraction of sp³-hybridized carbons (Fsp3) is 0.435. The lowest BCUT2D eigenvalue weighted by Crippen LogP contribution is -2.59. The van der Waals surface area contributed by atoms with Crippen LogP contribution >= 0.6 is 11.6 Å². The van der Waals surface area contributed by atoms with Gasteiger partial charge in [-0.2, -0.15) is 0 Å². The van der Waals surface area contributed by atoms with Gasteiger partial charge in [-0.25, -0.2) is 19.7 Å². The lowest BCUT2D eigenvalue weighted by atomic mass is 9.88. The number of terminal acetylenes is 1. The molecular weight excluding hydrogens is 460 g/mol. The molecular formula is C23H23ClN6O4. The first-order chi connectivity index (χ1) is 16.5. The molecule has 0 aromatic carbocycles. The van der Waals surface area contributed by atoms with Gasteiger partial charge in [-0.3, -0.25) is 14.7 Å². The van der Waals surface area contributed by atoms with E-state index in [1.54, 1.807) is 17.0 Å². The maximum Gasteiger partial charge on any atom is 0.412 e. The molecule has 176 valence electrons. The number of carbonyl (C=O) groups is 2. The van der Waals surface area contributed by atoms with Crippen LogP contribution in [0.2, 0.25) is 5.02 Å². The molecule has 2 amide bonds. The Morgan fingerprint density at radius 3 is 2.56 bits per heavy atom. The summed E-state index contributed by atoms with van der Waals surface area (Å²) in [5, 5.41) is 0.421. The fourth-order valence-corrected chi connectivity index (χ4v) is 4.74. The molecule has 3 aliphatic rings. The Kier molecular flexibility index (Phi) is 6.08. The second-order valence-electron chi connectivity index (χ2n) is 8.30. The van der Waals surface area contributed by atoms with Crippen LogP contribution in [0.4, 0.5) is 10.6 Å². The van der Waals surface area contributed by atoms with Crippen LogP contribution in [0, 0.1) is 12.3 Å². The van der Waals surface area contributed by atoms with Crippen molar-refractivity contribution in [1.82, 2.24) is 24.8 Å². The Morgan fingerprint density at radius 2 is 1.88 bits per heavy atom.